The number of carbonyl (C=O) groups excluding carboxylic acids is 3. The Morgan fingerprint density at radius 3 is 2.16 bits per heavy atom. The Hall–Kier alpha value is -3.22. The minimum absolute atomic E-state index is 0.0544. The van der Waals surface area contributed by atoms with Crippen LogP contribution in [0.5, 0.6) is 0 Å². The van der Waals surface area contributed by atoms with Crippen LogP contribution in [-0.2, 0) is 4.79 Å². The first-order valence-electron chi connectivity index (χ1n) is 9.29. The molecule has 2 amide bonds. The Bertz CT molecular complexity index is 1160. The number of benzene rings is 3. The van der Waals surface area contributed by atoms with Gasteiger partial charge in [0.25, 0.3) is 11.8 Å². The number of hydrogen-bond acceptors (Lipinski definition) is 3. The second-order valence-corrected chi connectivity index (χ2v) is 7.92. The van der Waals surface area contributed by atoms with E-state index in [-0.39, 0.29) is 11.5 Å². The van der Waals surface area contributed by atoms with Crippen molar-refractivity contribution >= 4 is 56.9 Å². The minimum atomic E-state index is -0.508. The summed E-state index contributed by atoms with van der Waals surface area (Å²) in [6.45, 7) is 1.47. The summed E-state index contributed by atoms with van der Waals surface area (Å²) >= 11 is 9.28. The van der Waals surface area contributed by atoms with Crippen molar-refractivity contribution < 1.29 is 14.4 Å². The molecule has 0 saturated heterocycles. The maximum Gasteiger partial charge on any atom is 0.272 e. The molecule has 0 aliphatic carbocycles. The van der Waals surface area contributed by atoms with Gasteiger partial charge >= 0.3 is 0 Å². The molecule has 0 radical (unpaired) electrons. The van der Waals surface area contributed by atoms with Gasteiger partial charge in [-0.15, -0.1) is 0 Å². The number of rotatable bonds is 6. The molecule has 3 aromatic carbocycles. The van der Waals surface area contributed by atoms with Gasteiger partial charge in [0.2, 0.25) is 0 Å². The van der Waals surface area contributed by atoms with Crippen molar-refractivity contribution in [3.05, 3.63) is 105 Å². The normalized spacial score (nSPS) is 11.0. The molecule has 0 heterocycles. The molecule has 0 aromatic heterocycles. The standard InChI is InChI=1S/C24H18BrClN2O3/c1-15(29)17-8-12-19(13-9-17)27-24(31)22(14-16-6-10-18(26)11-7-16)28-23(30)20-4-2-3-5-21(20)25/h2-14H,1H3,(H,27,31)(H,28,30)/b22-14-. The van der Waals surface area contributed by atoms with Crippen LogP contribution in [0.1, 0.15) is 33.2 Å². The van der Waals surface area contributed by atoms with Crippen LogP contribution in [0.25, 0.3) is 6.08 Å². The smallest absolute Gasteiger partial charge is 0.272 e. The van der Waals surface area contributed by atoms with E-state index < -0.39 is 11.8 Å². The summed E-state index contributed by atoms with van der Waals surface area (Å²) in [5.74, 6) is -1.01. The molecule has 3 rings (SSSR count). The van der Waals surface area contributed by atoms with Crippen LogP contribution in [0.4, 0.5) is 5.69 Å². The van der Waals surface area contributed by atoms with Crippen LogP contribution in [-0.4, -0.2) is 17.6 Å². The number of carbonyl (C=O) groups is 3. The molecule has 31 heavy (non-hydrogen) atoms. The number of anilines is 1. The van der Waals surface area contributed by atoms with Gasteiger partial charge in [0.05, 0.1) is 5.56 Å². The van der Waals surface area contributed by atoms with E-state index in [0.717, 1.165) is 0 Å². The van der Waals surface area contributed by atoms with Crippen molar-refractivity contribution in [1.29, 1.82) is 0 Å². The van der Waals surface area contributed by atoms with Crippen molar-refractivity contribution in [3.8, 4) is 0 Å². The molecule has 156 valence electrons. The van der Waals surface area contributed by atoms with Gasteiger partial charge in [-0.25, -0.2) is 0 Å². The first-order valence-corrected chi connectivity index (χ1v) is 10.5. The molecular formula is C24H18BrClN2O3. The molecule has 0 aliphatic heterocycles. The van der Waals surface area contributed by atoms with E-state index in [9.17, 15) is 14.4 Å². The Labute approximate surface area is 193 Å². The predicted octanol–water partition coefficient (Wildman–Crippen LogP) is 5.71. The van der Waals surface area contributed by atoms with Gasteiger partial charge < -0.3 is 10.6 Å². The topological polar surface area (TPSA) is 75.3 Å². The Morgan fingerprint density at radius 2 is 1.55 bits per heavy atom. The molecule has 0 fully saturated rings. The van der Waals surface area contributed by atoms with E-state index in [1.807, 2.05) is 0 Å². The maximum atomic E-state index is 13.0. The third-order valence-corrected chi connectivity index (χ3v) is 5.29. The summed E-state index contributed by atoms with van der Waals surface area (Å²) < 4.78 is 0.610. The van der Waals surface area contributed by atoms with Crippen molar-refractivity contribution in [2.24, 2.45) is 0 Å². The summed E-state index contributed by atoms with van der Waals surface area (Å²) in [6.07, 6.45) is 1.56. The van der Waals surface area contributed by atoms with Crippen molar-refractivity contribution in [3.63, 3.8) is 0 Å². The Balaban J connectivity index is 1.88. The number of ketones is 1. The number of hydrogen-bond donors (Lipinski definition) is 2. The van der Waals surface area contributed by atoms with E-state index in [4.69, 9.17) is 11.6 Å². The second-order valence-electron chi connectivity index (χ2n) is 6.63. The molecular weight excluding hydrogens is 480 g/mol. The van der Waals surface area contributed by atoms with Gasteiger partial charge in [0.1, 0.15) is 5.70 Å². The summed E-state index contributed by atoms with van der Waals surface area (Å²) in [4.78, 5) is 37.2. The zero-order valence-electron chi connectivity index (χ0n) is 16.5. The zero-order valence-corrected chi connectivity index (χ0v) is 18.8. The maximum absolute atomic E-state index is 13.0. The van der Waals surface area contributed by atoms with E-state index in [2.05, 4.69) is 26.6 Å². The summed E-state index contributed by atoms with van der Waals surface area (Å²) in [6, 6.07) is 20.3. The minimum Gasteiger partial charge on any atom is -0.321 e. The highest BCUT2D eigenvalue weighted by Gasteiger charge is 2.17. The molecule has 0 bridgehead atoms. The fourth-order valence-electron chi connectivity index (χ4n) is 2.71. The van der Waals surface area contributed by atoms with Crippen LogP contribution >= 0.6 is 27.5 Å². The van der Waals surface area contributed by atoms with Crippen LogP contribution in [0.3, 0.4) is 0 Å². The molecule has 0 unspecified atom stereocenters. The lowest BCUT2D eigenvalue weighted by molar-refractivity contribution is -0.113. The monoisotopic (exact) mass is 496 g/mol. The summed E-state index contributed by atoms with van der Waals surface area (Å²) in [5, 5.41) is 5.98. The third-order valence-electron chi connectivity index (χ3n) is 4.34. The van der Waals surface area contributed by atoms with E-state index in [0.29, 0.717) is 31.9 Å². The van der Waals surface area contributed by atoms with E-state index in [1.165, 1.54) is 6.92 Å². The van der Waals surface area contributed by atoms with Crippen molar-refractivity contribution in [2.45, 2.75) is 6.92 Å². The number of Topliss-reactive ketones (excluding diaryl/α,β-unsaturated/α-hetero) is 1. The van der Waals surface area contributed by atoms with Gasteiger partial charge in [-0.05, 0) is 83.0 Å². The van der Waals surface area contributed by atoms with Crippen LogP contribution in [0.2, 0.25) is 5.02 Å². The SMILES string of the molecule is CC(=O)c1ccc(NC(=O)/C(=C/c2ccc(Cl)cc2)NC(=O)c2ccccc2Br)cc1. The first-order chi connectivity index (χ1) is 14.8. The predicted molar refractivity (Wildman–Crippen MR) is 126 cm³/mol. The lowest BCUT2D eigenvalue weighted by atomic mass is 10.1. The quantitative estimate of drug-likeness (QED) is 0.338. The fraction of sp³-hybridized carbons (Fsp3) is 0.0417. The average molecular weight is 498 g/mol. The Kier molecular flexibility index (Phi) is 7.39. The molecule has 0 aliphatic rings. The number of nitrogens with one attached hydrogen (secondary N) is 2. The van der Waals surface area contributed by atoms with Gasteiger partial charge in [-0.1, -0.05) is 35.9 Å². The van der Waals surface area contributed by atoms with Crippen molar-refractivity contribution in [2.75, 3.05) is 5.32 Å². The Morgan fingerprint density at radius 1 is 0.903 bits per heavy atom. The fourth-order valence-corrected chi connectivity index (χ4v) is 3.30. The molecule has 3 aromatic rings. The summed E-state index contributed by atoms with van der Waals surface area (Å²) in [7, 11) is 0. The average Bonchev–Trinajstić information content (AvgIpc) is 2.75. The lowest BCUT2D eigenvalue weighted by Gasteiger charge is -2.12. The largest absolute Gasteiger partial charge is 0.321 e. The van der Waals surface area contributed by atoms with Gasteiger partial charge in [-0.2, -0.15) is 0 Å². The highest BCUT2D eigenvalue weighted by Crippen LogP contribution is 2.18. The second kappa shape index (κ2) is 10.2. The van der Waals surface area contributed by atoms with E-state index in [1.54, 1.807) is 78.9 Å². The van der Waals surface area contributed by atoms with Gasteiger partial charge in [0.15, 0.2) is 5.78 Å². The molecule has 0 atom stereocenters. The zero-order chi connectivity index (χ0) is 22.4. The molecule has 0 spiro atoms. The van der Waals surface area contributed by atoms with Crippen LogP contribution in [0, 0.1) is 0 Å². The number of halogens is 2. The molecule has 5 nitrogen and oxygen atoms in total. The third kappa shape index (κ3) is 6.13. The first kappa shape index (κ1) is 22.5. The lowest BCUT2D eigenvalue weighted by Crippen LogP contribution is -2.31. The van der Waals surface area contributed by atoms with Crippen LogP contribution in [0.15, 0.2) is 83.0 Å². The van der Waals surface area contributed by atoms with Gasteiger partial charge in [0, 0.05) is 20.7 Å². The number of amides is 2. The molecule has 2 N–H and O–H groups in total. The highest BCUT2D eigenvalue weighted by atomic mass is 79.9. The molecule has 7 heteroatoms. The molecule has 0 saturated carbocycles. The van der Waals surface area contributed by atoms with Gasteiger partial charge in [-0.3, -0.25) is 14.4 Å². The highest BCUT2D eigenvalue weighted by molar-refractivity contribution is 9.10. The summed E-state index contributed by atoms with van der Waals surface area (Å²) in [5.41, 5.74) is 2.17. The van der Waals surface area contributed by atoms with Crippen LogP contribution < -0.4 is 10.6 Å². The van der Waals surface area contributed by atoms with E-state index >= 15 is 0 Å². The van der Waals surface area contributed by atoms with Crippen molar-refractivity contribution in [1.82, 2.24) is 5.32 Å².